The van der Waals surface area contributed by atoms with Gasteiger partial charge in [0.2, 0.25) is 11.9 Å². The average molecular weight is 510 g/mol. The number of benzene rings is 1. The molecule has 4 heterocycles. The minimum atomic E-state index is -2.46. The highest BCUT2D eigenvalue weighted by molar-refractivity contribution is 5.72. The monoisotopic (exact) mass is 509 g/mol. The zero-order valence-corrected chi connectivity index (χ0v) is 20.2. The van der Waals surface area contributed by atoms with Crippen LogP contribution in [0.3, 0.4) is 0 Å². The molecule has 1 fully saturated rings. The Morgan fingerprint density at radius 1 is 1.14 bits per heavy atom. The number of nitrogens with two attached hydrogens (primary N) is 1. The van der Waals surface area contributed by atoms with Crippen molar-refractivity contribution >= 4 is 23.4 Å². The maximum atomic E-state index is 12.3. The Hall–Kier alpha value is -4.39. The summed E-state index contributed by atoms with van der Waals surface area (Å²) < 4.78 is 36.9. The lowest BCUT2D eigenvalue weighted by atomic mass is 10.1. The normalized spacial score (nSPS) is 13.6. The summed E-state index contributed by atoms with van der Waals surface area (Å²) in [5.41, 5.74) is 8.64. The summed E-state index contributed by atoms with van der Waals surface area (Å²) in [4.78, 5) is 19.2. The highest BCUT2D eigenvalue weighted by Gasteiger charge is 2.29. The highest BCUT2D eigenvalue weighted by Crippen LogP contribution is 2.32. The maximum absolute atomic E-state index is 12.3. The number of rotatable bonds is 9. The first-order valence-corrected chi connectivity index (χ1v) is 11.5. The van der Waals surface area contributed by atoms with Gasteiger partial charge in [-0.2, -0.15) is 4.98 Å². The van der Waals surface area contributed by atoms with Crippen molar-refractivity contribution in [3.8, 4) is 28.4 Å². The summed E-state index contributed by atoms with van der Waals surface area (Å²) in [5, 5.41) is 7.75. The lowest BCUT2D eigenvalue weighted by Gasteiger charge is -2.39. The van der Waals surface area contributed by atoms with Crippen molar-refractivity contribution in [2.24, 2.45) is 7.05 Å². The second-order valence-electron chi connectivity index (χ2n) is 8.38. The number of methoxy groups -OCH3 is 1. The van der Waals surface area contributed by atoms with Gasteiger partial charge in [0.25, 0.3) is 6.43 Å². The van der Waals surface area contributed by atoms with E-state index in [-0.39, 0.29) is 12.1 Å². The van der Waals surface area contributed by atoms with Crippen LogP contribution in [-0.4, -0.2) is 69.1 Å². The van der Waals surface area contributed by atoms with Gasteiger partial charge in [-0.15, -0.1) is 5.10 Å². The van der Waals surface area contributed by atoms with Gasteiger partial charge in [-0.1, -0.05) is 0 Å². The number of hydrogen-bond acceptors (Lipinski definition) is 10. The second kappa shape index (κ2) is 10.3. The molecule has 1 aliphatic heterocycles. The second-order valence-corrected chi connectivity index (χ2v) is 8.38. The topological polar surface area (TPSA) is 129 Å². The Labute approximate surface area is 211 Å². The van der Waals surface area contributed by atoms with Gasteiger partial charge in [-0.25, -0.2) is 28.4 Å². The molecule has 0 atom stereocenters. The first kappa shape index (κ1) is 24.3. The van der Waals surface area contributed by atoms with Crippen LogP contribution in [0.5, 0.6) is 5.75 Å². The predicted octanol–water partition coefficient (Wildman–Crippen LogP) is 3.14. The number of aryl methyl sites for hydroxylation is 1. The van der Waals surface area contributed by atoms with E-state index in [9.17, 15) is 8.78 Å². The number of pyridine rings is 1. The molecule has 192 valence electrons. The van der Waals surface area contributed by atoms with Crippen LogP contribution in [0.15, 0.2) is 48.8 Å². The van der Waals surface area contributed by atoms with Gasteiger partial charge in [-0.3, -0.25) is 0 Å². The molecule has 4 aromatic rings. The summed E-state index contributed by atoms with van der Waals surface area (Å²) in [6.07, 6.45) is 0.625. The molecule has 3 aromatic heterocycles. The summed E-state index contributed by atoms with van der Waals surface area (Å²) in [7, 11) is 3.37. The largest absolute Gasteiger partial charge is 0.496 e. The van der Waals surface area contributed by atoms with Crippen molar-refractivity contribution < 1.29 is 18.3 Å². The first-order valence-electron chi connectivity index (χ1n) is 11.5. The minimum Gasteiger partial charge on any atom is -0.496 e. The van der Waals surface area contributed by atoms with Crippen molar-refractivity contribution in [3.63, 3.8) is 0 Å². The van der Waals surface area contributed by atoms with Gasteiger partial charge < -0.3 is 25.4 Å². The summed E-state index contributed by atoms with van der Waals surface area (Å²) in [6.45, 7) is 0.518. The van der Waals surface area contributed by atoms with E-state index in [1.807, 2.05) is 35.2 Å². The molecule has 0 saturated carbocycles. The van der Waals surface area contributed by atoms with E-state index in [1.54, 1.807) is 37.3 Å². The number of alkyl halides is 2. The Morgan fingerprint density at radius 3 is 2.68 bits per heavy atom. The summed E-state index contributed by atoms with van der Waals surface area (Å²) >= 11 is 0. The van der Waals surface area contributed by atoms with Gasteiger partial charge >= 0.3 is 0 Å². The van der Waals surface area contributed by atoms with Crippen LogP contribution in [0, 0.1) is 0 Å². The van der Waals surface area contributed by atoms with Crippen LogP contribution in [0.2, 0.25) is 0 Å². The van der Waals surface area contributed by atoms with Crippen LogP contribution in [0.25, 0.3) is 22.6 Å². The molecule has 11 nitrogen and oxygen atoms in total. The molecule has 0 spiro atoms. The molecule has 5 rings (SSSR count). The van der Waals surface area contributed by atoms with Crippen molar-refractivity contribution in [1.29, 1.82) is 0 Å². The fourth-order valence-corrected chi connectivity index (χ4v) is 3.89. The Kier molecular flexibility index (Phi) is 6.77. The number of nitrogens with zero attached hydrogens (tertiary/aromatic N) is 7. The Morgan fingerprint density at radius 2 is 1.97 bits per heavy atom. The lowest BCUT2D eigenvalue weighted by Crippen LogP contribution is -2.53. The van der Waals surface area contributed by atoms with E-state index >= 15 is 0 Å². The lowest BCUT2D eigenvalue weighted by molar-refractivity contribution is -0.0337. The average Bonchev–Trinajstić information content (AvgIpc) is 3.23. The number of anilines is 4. The molecule has 0 unspecified atom stereocenters. The number of nitrogens with one attached hydrogen (secondary N) is 1. The number of aromatic nitrogens is 6. The van der Waals surface area contributed by atoms with Crippen molar-refractivity contribution in [1.82, 2.24) is 29.7 Å². The predicted molar refractivity (Wildman–Crippen MR) is 134 cm³/mol. The third-order valence-electron chi connectivity index (χ3n) is 5.81. The molecule has 0 amide bonds. The molecule has 37 heavy (non-hydrogen) atoms. The van der Waals surface area contributed by atoms with Gasteiger partial charge in [0.1, 0.15) is 18.2 Å². The van der Waals surface area contributed by atoms with Crippen LogP contribution in [-0.2, 0) is 11.8 Å². The van der Waals surface area contributed by atoms with E-state index in [2.05, 4.69) is 30.4 Å². The fourth-order valence-electron chi connectivity index (χ4n) is 3.89. The molecule has 13 heteroatoms. The van der Waals surface area contributed by atoms with Gasteiger partial charge in [0, 0.05) is 55.4 Å². The quantitative estimate of drug-likeness (QED) is 0.347. The van der Waals surface area contributed by atoms with Crippen LogP contribution in [0.1, 0.15) is 0 Å². The zero-order valence-electron chi connectivity index (χ0n) is 20.2. The molecular formula is C24H25F2N9O2. The van der Waals surface area contributed by atoms with Gasteiger partial charge in [0.15, 0.2) is 5.82 Å². The van der Waals surface area contributed by atoms with Crippen LogP contribution in [0.4, 0.5) is 32.2 Å². The van der Waals surface area contributed by atoms with E-state index in [4.69, 9.17) is 15.2 Å². The molecule has 3 N–H and O–H groups in total. The third kappa shape index (κ3) is 5.40. The number of hydrogen-bond donors (Lipinski definition) is 2. The number of halogens is 2. The van der Waals surface area contributed by atoms with E-state index in [1.165, 1.54) is 0 Å². The maximum Gasteiger partial charge on any atom is 0.261 e. The fraction of sp³-hybridized carbons (Fsp3) is 0.292. The van der Waals surface area contributed by atoms with Crippen molar-refractivity contribution in [2.45, 2.75) is 12.5 Å². The van der Waals surface area contributed by atoms with Gasteiger partial charge in [0.05, 0.1) is 18.9 Å². The Bertz CT molecular complexity index is 1380. The standard InChI is InChI=1S/C24H25F2N9O2/c1-34-24(30-15-4-5-17(19(9-15)36-2)18-7-8-28-23(27)31-18)32-22(33-34)14-3-6-21(29-10-14)35-11-16(12-35)37-13-20(25)26/h3-10,16,20H,11-13H2,1-2H3,(H2,27,28,31)(H,30,32,33). The highest BCUT2D eigenvalue weighted by atomic mass is 19.3. The molecule has 0 radical (unpaired) electrons. The smallest absolute Gasteiger partial charge is 0.261 e. The minimum absolute atomic E-state index is 0.184. The van der Waals surface area contributed by atoms with Crippen molar-refractivity contribution in [3.05, 3.63) is 48.8 Å². The molecular weight excluding hydrogens is 484 g/mol. The summed E-state index contributed by atoms with van der Waals surface area (Å²) in [6, 6.07) is 11.1. The molecule has 1 aliphatic rings. The van der Waals surface area contributed by atoms with Crippen molar-refractivity contribution in [2.75, 3.05) is 42.8 Å². The van der Waals surface area contributed by atoms with E-state index < -0.39 is 13.0 Å². The number of ether oxygens (including phenoxy) is 2. The molecule has 0 aliphatic carbocycles. The van der Waals surface area contributed by atoms with Gasteiger partial charge in [-0.05, 0) is 30.3 Å². The van der Waals surface area contributed by atoms with Crippen LogP contribution < -0.4 is 20.7 Å². The summed E-state index contributed by atoms with van der Waals surface area (Å²) in [5.74, 6) is 2.57. The third-order valence-corrected chi connectivity index (χ3v) is 5.81. The first-order chi connectivity index (χ1) is 17.9. The van der Waals surface area contributed by atoms with Crippen LogP contribution >= 0.6 is 0 Å². The molecule has 0 bridgehead atoms. The SMILES string of the molecule is COc1cc(Nc2nc(-c3ccc(N4CC(OCC(F)F)C4)nc3)nn2C)ccc1-c1ccnc(N)n1. The van der Waals surface area contributed by atoms with E-state index in [0.29, 0.717) is 36.3 Å². The zero-order chi connectivity index (χ0) is 25.9. The molecule has 1 aromatic carbocycles. The Balaban J connectivity index is 1.26. The number of nitrogen functional groups attached to an aromatic ring is 1. The van der Waals surface area contributed by atoms with E-state index in [0.717, 1.165) is 22.6 Å². The molecule has 1 saturated heterocycles.